The first-order chi connectivity index (χ1) is 12.4. The highest BCUT2D eigenvalue weighted by Gasteiger charge is 2.47. The number of thiophene rings is 1. The van der Waals surface area contributed by atoms with Crippen LogP contribution in [-0.2, 0) is 19.1 Å². The molecule has 1 saturated carbocycles. The Balaban J connectivity index is 1.60. The van der Waals surface area contributed by atoms with Gasteiger partial charge in [0.2, 0.25) is 17.7 Å². The van der Waals surface area contributed by atoms with E-state index in [4.69, 9.17) is 4.74 Å². The van der Waals surface area contributed by atoms with Crippen LogP contribution in [0.2, 0.25) is 0 Å². The summed E-state index contributed by atoms with van der Waals surface area (Å²) in [4.78, 5) is 51.0. The summed E-state index contributed by atoms with van der Waals surface area (Å²) < 4.78 is 4.71. The third kappa shape index (κ3) is 3.51. The molecular weight excluding hydrogens is 356 g/mol. The average Bonchev–Trinajstić information content (AvgIpc) is 3.11. The molecule has 0 bridgehead atoms. The molecule has 26 heavy (non-hydrogen) atoms. The predicted octanol–water partition coefficient (Wildman–Crippen LogP) is 2.35. The van der Waals surface area contributed by atoms with Crippen LogP contribution in [0.5, 0.6) is 0 Å². The minimum Gasteiger partial charge on any atom is -0.465 e. The van der Waals surface area contributed by atoms with Gasteiger partial charge in [-0.3, -0.25) is 19.3 Å². The van der Waals surface area contributed by atoms with Gasteiger partial charge in [-0.15, -0.1) is 11.3 Å². The van der Waals surface area contributed by atoms with Crippen LogP contribution in [-0.4, -0.2) is 42.2 Å². The zero-order valence-electron chi connectivity index (χ0n) is 14.9. The summed E-state index contributed by atoms with van der Waals surface area (Å²) in [7, 11) is 1.28. The molecule has 1 aliphatic carbocycles. The molecule has 0 spiro atoms. The number of carbonyl (C=O) groups is 4. The van der Waals surface area contributed by atoms with E-state index in [-0.39, 0.29) is 42.5 Å². The van der Waals surface area contributed by atoms with Gasteiger partial charge < -0.3 is 10.1 Å². The second kappa shape index (κ2) is 7.57. The molecule has 2 fully saturated rings. The number of likely N-dealkylation sites (tertiary alicyclic amines) is 1. The first-order valence-electron chi connectivity index (χ1n) is 8.76. The van der Waals surface area contributed by atoms with Crippen molar-refractivity contribution < 1.29 is 23.9 Å². The number of hydrogen-bond acceptors (Lipinski definition) is 6. The van der Waals surface area contributed by atoms with Crippen LogP contribution in [0.3, 0.4) is 0 Å². The van der Waals surface area contributed by atoms with E-state index in [0.29, 0.717) is 10.6 Å². The van der Waals surface area contributed by atoms with E-state index in [1.807, 2.05) is 6.92 Å². The number of esters is 1. The van der Waals surface area contributed by atoms with Gasteiger partial charge in [-0.05, 0) is 25.8 Å². The number of rotatable bonds is 5. The Morgan fingerprint density at radius 2 is 1.85 bits per heavy atom. The van der Waals surface area contributed by atoms with Crippen molar-refractivity contribution in [3.8, 4) is 0 Å². The molecule has 3 rings (SSSR count). The van der Waals surface area contributed by atoms with E-state index in [0.717, 1.165) is 30.6 Å². The van der Waals surface area contributed by atoms with Gasteiger partial charge in [-0.2, -0.15) is 0 Å². The van der Waals surface area contributed by atoms with Crippen LogP contribution in [0, 0.1) is 18.8 Å². The van der Waals surface area contributed by atoms with Crippen molar-refractivity contribution in [1.82, 2.24) is 4.90 Å². The molecule has 1 aromatic rings. The van der Waals surface area contributed by atoms with Gasteiger partial charge in [-0.25, -0.2) is 4.79 Å². The second-order valence-electron chi connectivity index (χ2n) is 6.72. The number of nitrogens with one attached hydrogen (secondary N) is 1. The Kier molecular flexibility index (Phi) is 5.41. The Morgan fingerprint density at radius 3 is 2.42 bits per heavy atom. The van der Waals surface area contributed by atoms with E-state index < -0.39 is 5.97 Å². The van der Waals surface area contributed by atoms with Crippen LogP contribution in [0.1, 0.15) is 47.3 Å². The molecule has 0 radical (unpaired) electrons. The van der Waals surface area contributed by atoms with Crippen molar-refractivity contribution in [3.05, 3.63) is 16.5 Å². The molecule has 2 atom stereocenters. The third-order valence-corrected chi connectivity index (χ3v) is 5.97. The second-order valence-corrected chi connectivity index (χ2v) is 7.97. The smallest absolute Gasteiger partial charge is 0.340 e. The summed E-state index contributed by atoms with van der Waals surface area (Å²) in [6.45, 7) is 1.91. The molecule has 8 heteroatoms. The number of fused-ring (bicyclic) bond motifs is 1. The molecule has 0 unspecified atom stereocenters. The maximum absolute atomic E-state index is 12.4. The number of amides is 3. The Labute approximate surface area is 155 Å². The first kappa shape index (κ1) is 18.6. The molecule has 7 nitrogen and oxygen atoms in total. The molecule has 0 aromatic carbocycles. The number of methoxy groups -OCH3 is 1. The Morgan fingerprint density at radius 1 is 1.23 bits per heavy atom. The normalized spacial score (nSPS) is 22.3. The SMILES string of the molecule is COC(=O)c1cc(C)sc1NC(=O)CCN1C(=O)[C@@H]2CCCC[C@H]2C1=O. The van der Waals surface area contributed by atoms with Gasteiger partial charge in [-0.1, -0.05) is 12.8 Å². The van der Waals surface area contributed by atoms with Crippen molar-refractivity contribution in [2.24, 2.45) is 11.8 Å². The quantitative estimate of drug-likeness (QED) is 0.627. The highest BCUT2D eigenvalue weighted by Crippen LogP contribution is 2.38. The topological polar surface area (TPSA) is 92.8 Å². The number of anilines is 1. The van der Waals surface area contributed by atoms with Crippen LogP contribution in [0.15, 0.2) is 6.07 Å². The van der Waals surface area contributed by atoms with E-state index in [2.05, 4.69) is 5.32 Å². The summed E-state index contributed by atoms with van der Waals surface area (Å²) in [5, 5.41) is 3.12. The van der Waals surface area contributed by atoms with E-state index in [1.165, 1.54) is 23.3 Å². The third-order valence-electron chi connectivity index (χ3n) is 5.01. The molecule has 1 saturated heterocycles. The number of hydrogen-bond donors (Lipinski definition) is 1. The van der Waals surface area contributed by atoms with Crippen molar-refractivity contribution in [2.75, 3.05) is 19.0 Å². The van der Waals surface area contributed by atoms with Crippen LogP contribution in [0.4, 0.5) is 5.00 Å². The largest absolute Gasteiger partial charge is 0.465 e. The zero-order chi connectivity index (χ0) is 18.8. The fraction of sp³-hybridized carbons (Fsp3) is 0.556. The minimum absolute atomic E-state index is 0.00841. The van der Waals surface area contributed by atoms with Gasteiger partial charge in [0.1, 0.15) is 5.00 Å². The summed E-state index contributed by atoms with van der Waals surface area (Å²) in [5.74, 6) is -1.55. The van der Waals surface area contributed by atoms with Crippen LogP contribution in [0.25, 0.3) is 0 Å². The summed E-state index contributed by atoms with van der Waals surface area (Å²) >= 11 is 1.28. The number of imide groups is 1. The van der Waals surface area contributed by atoms with Crippen LogP contribution >= 0.6 is 11.3 Å². The molecule has 2 aliphatic rings. The average molecular weight is 378 g/mol. The predicted molar refractivity (Wildman–Crippen MR) is 95.8 cm³/mol. The van der Waals surface area contributed by atoms with Gasteiger partial charge in [0.15, 0.2) is 0 Å². The number of carbonyl (C=O) groups excluding carboxylic acids is 4. The Hall–Kier alpha value is -2.22. The summed E-state index contributed by atoms with van der Waals surface area (Å²) in [5.41, 5.74) is 0.308. The molecule has 1 aromatic heterocycles. The molecule has 3 amide bonds. The molecule has 1 N–H and O–H groups in total. The van der Waals surface area contributed by atoms with E-state index in [1.54, 1.807) is 6.07 Å². The zero-order valence-corrected chi connectivity index (χ0v) is 15.7. The Bertz CT molecular complexity index is 733. The highest BCUT2D eigenvalue weighted by atomic mass is 32.1. The lowest BCUT2D eigenvalue weighted by atomic mass is 9.81. The fourth-order valence-electron chi connectivity index (χ4n) is 3.72. The summed E-state index contributed by atoms with van der Waals surface area (Å²) in [6.07, 6.45) is 3.48. The van der Waals surface area contributed by atoms with Crippen molar-refractivity contribution in [3.63, 3.8) is 0 Å². The molecular formula is C18H22N2O5S. The van der Waals surface area contributed by atoms with Crippen LogP contribution < -0.4 is 5.32 Å². The van der Waals surface area contributed by atoms with E-state index >= 15 is 0 Å². The van der Waals surface area contributed by atoms with Gasteiger partial charge in [0, 0.05) is 17.8 Å². The summed E-state index contributed by atoms with van der Waals surface area (Å²) in [6, 6.07) is 1.66. The lowest BCUT2D eigenvalue weighted by molar-refractivity contribution is -0.140. The number of nitrogens with zero attached hydrogens (tertiary/aromatic N) is 1. The maximum Gasteiger partial charge on any atom is 0.340 e. The van der Waals surface area contributed by atoms with E-state index in [9.17, 15) is 19.2 Å². The lowest BCUT2D eigenvalue weighted by Gasteiger charge is -2.19. The maximum atomic E-state index is 12.4. The lowest BCUT2D eigenvalue weighted by Crippen LogP contribution is -2.34. The number of aryl methyl sites for hydroxylation is 1. The first-order valence-corrected chi connectivity index (χ1v) is 9.58. The number of ether oxygens (including phenoxy) is 1. The standard InChI is InChI=1S/C18H22N2O5S/c1-10-9-13(18(24)25-2)15(26-10)19-14(21)7-8-20-16(22)11-5-3-4-6-12(11)17(20)23/h9,11-12H,3-8H2,1-2H3,(H,19,21)/t11-,12-/m1/s1. The van der Waals surface area contributed by atoms with Gasteiger partial charge in [0.25, 0.3) is 0 Å². The molecule has 1 aliphatic heterocycles. The van der Waals surface area contributed by atoms with Gasteiger partial charge >= 0.3 is 5.97 Å². The van der Waals surface area contributed by atoms with Crippen molar-refractivity contribution >= 4 is 40.0 Å². The van der Waals surface area contributed by atoms with Crippen molar-refractivity contribution in [1.29, 1.82) is 0 Å². The van der Waals surface area contributed by atoms with Gasteiger partial charge in [0.05, 0.1) is 24.5 Å². The highest BCUT2D eigenvalue weighted by molar-refractivity contribution is 7.16. The minimum atomic E-state index is -0.515. The fourth-order valence-corrected chi connectivity index (χ4v) is 4.64. The monoisotopic (exact) mass is 378 g/mol. The molecule has 140 valence electrons. The molecule has 2 heterocycles. The van der Waals surface area contributed by atoms with Crippen molar-refractivity contribution in [2.45, 2.75) is 39.0 Å².